The lowest BCUT2D eigenvalue weighted by Gasteiger charge is -2.20. The molecule has 0 radical (unpaired) electrons. The summed E-state index contributed by atoms with van der Waals surface area (Å²) in [5.41, 5.74) is -1.20. The van der Waals surface area contributed by atoms with E-state index in [9.17, 15) is 19.3 Å². The van der Waals surface area contributed by atoms with Crippen LogP contribution in [0, 0.1) is 15.9 Å². The fourth-order valence-electron chi connectivity index (χ4n) is 1.89. The lowest BCUT2D eigenvalue weighted by atomic mass is 10.1. The number of ether oxygens (including phenoxy) is 2. The molecular formula is C17H15BrFNO5. The molecule has 0 bridgehead atoms. The first-order chi connectivity index (χ1) is 11.6. The van der Waals surface area contributed by atoms with Crippen molar-refractivity contribution < 1.29 is 23.6 Å². The summed E-state index contributed by atoms with van der Waals surface area (Å²) in [6, 6.07) is 7.34. The van der Waals surface area contributed by atoms with Gasteiger partial charge in [0.1, 0.15) is 28.5 Å². The Morgan fingerprint density at radius 2 is 1.84 bits per heavy atom. The highest BCUT2D eigenvalue weighted by Crippen LogP contribution is 2.34. The molecule has 0 aliphatic rings. The number of nitro groups is 1. The van der Waals surface area contributed by atoms with Crippen LogP contribution in [0.2, 0.25) is 0 Å². The molecule has 0 amide bonds. The van der Waals surface area contributed by atoms with Gasteiger partial charge in [0.2, 0.25) is 0 Å². The lowest BCUT2D eigenvalue weighted by Crippen LogP contribution is -2.24. The number of nitro benzene ring substituents is 1. The Hall–Kier alpha value is -2.48. The zero-order valence-electron chi connectivity index (χ0n) is 13.7. The summed E-state index contributed by atoms with van der Waals surface area (Å²) in [7, 11) is 0. The summed E-state index contributed by atoms with van der Waals surface area (Å²) in [6.45, 7) is 5.02. The highest BCUT2D eigenvalue weighted by molar-refractivity contribution is 9.10. The number of nitrogens with zero attached hydrogens (tertiary/aromatic N) is 1. The fourth-order valence-corrected chi connectivity index (χ4v) is 2.21. The molecule has 0 N–H and O–H groups in total. The van der Waals surface area contributed by atoms with Crippen LogP contribution in [0.15, 0.2) is 40.9 Å². The van der Waals surface area contributed by atoms with Crippen molar-refractivity contribution in [3.8, 4) is 11.5 Å². The second kappa shape index (κ2) is 7.18. The first-order valence-corrected chi connectivity index (χ1v) is 8.01. The zero-order valence-corrected chi connectivity index (χ0v) is 15.3. The molecule has 8 heteroatoms. The third-order valence-electron chi connectivity index (χ3n) is 2.91. The molecule has 132 valence electrons. The molecule has 0 saturated carbocycles. The first-order valence-electron chi connectivity index (χ1n) is 7.21. The quantitative estimate of drug-likeness (QED) is 0.390. The first kappa shape index (κ1) is 18.9. The molecule has 0 fully saturated rings. The van der Waals surface area contributed by atoms with Crippen molar-refractivity contribution in [2.45, 2.75) is 26.4 Å². The number of carbonyl (C=O) groups excluding carboxylic acids is 1. The number of non-ortho nitro benzene ring substituents is 1. The molecule has 6 nitrogen and oxygen atoms in total. The Morgan fingerprint density at radius 1 is 1.16 bits per heavy atom. The topological polar surface area (TPSA) is 78.7 Å². The standard InChI is InChI=1S/C17H15BrFNO5/c1-17(2,3)25-16(21)12-9-11(20(22)23)5-7-14(12)24-15-8-10(19)4-6-13(15)18/h4-9H,1-3H3. The maximum absolute atomic E-state index is 13.4. The summed E-state index contributed by atoms with van der Waals surface area (Å²) < 4.78 is 24.7. The summed E-state index contributed by atoms with van der Waals surface area (Å²) in [5.74, 6) is -1.16. The molecule has 0 aliphatic carbocycles. The highest BCUT2D eigenvalue weighted by Gasteiger charge is 2.24. The molecule has 2 aromatic rings. The Balaban J connectivity index is 2.47. The summed E-state index contributed by atoms with van der Waals surface area (Å²) >= 11 is 3.22. The van der Waals surface area contributed by atoms with E-state index in [2.05, 4.69) is 15.9 Å². The van der Waals surface area contributed by atoms with Crippen LogP contribution in [0.25, 0.3) is 0 Å². The van der Waals surface area contributed by atoms with Crippen molar-refractivity contribution in [3.63, 3.8) is 0 Å². The van der Waals surface area contributed by atoms with E-state index >= 15 is 0 Å². The molecule has 0 saturated heterocycles. The van der Waals surface area contributed by atoms with Gasteiger partial charge in [-0.05, 0) is 54.9 Å². The van der Waals surface area contributed by atoms with E-state index in [1.807, 2.05) is 0 Å². The van der Waals surface area contributed by atoms with Gasteiger partial charge in [-0.15, -0.1) is 0 Å². The minimum absolute atomic E-state index is 0.0196. The van der Waals surface area contributed by atoms with Gasteiger partial charge in [-0.25, -0.2) is 9.18 Å². The largest absolute Gasteiger partial charge is 0.456 e. The molecule has 0 unspecified atom stereocenters. The minimum atomic E-state index is -0.793. The number of hydrogen-bond donors (Lipinski definition) is 0. The number of rotatable bonds is 4. The Bertz CT molecular complexity index is 832. The molecule has 0 spiro atoms. The van der Waals surface area contributed by atoms with Gasteiger partial charge in [0.05, 0.1) is 9.40 Å². The van der Waals surface area contributed by atoms with E-state index in [0.717, 1.165) is 12.1 Å². The molecule has 2 aromatic carbocycles. The predicted octanol–water partition coefficient (Wildman–Crippen LogP) is 5.24. The Labute approximate surface area is 151 Å². The normalized spacial score (nSPS) is 11.1. The average molecular weight is 412 g/mol. The van der Waals surface area contributed by atoms with Gasteiger partial charge in [-0.1, -0.05) is 0 Å². The van der Waals surface area contributed by atoms with Crippen LogP contribution in [0.1, 0.15) is 31.1 Å². The van der Waals surface area contributed by atoms with Crippen LogP contribution < -0.4 is 4.74 Å². The number of benzene rings is 2. The van der Waals surface area contributed by atoms with Crippen LogP contribution in [0.5, 0.6) is 11.5 Å². The molecule has 0 atom stereocenters. The Kier molecular flexibility index (Phi) is 5.42. The van der Waals surface area contributed by atoms with Gasteiger partial charge < -0.3 is 9.47 Å². The fraction of sp³-hybridized carbons (Fsp3) is 0.235. The van der Waals surface area contributed by atoms with Gasteiger partial charge in [-0.3, -0.25) is 10.1 Å². The van der Waals surface area contributed by atoms with E-state index in [1.54, 1.807) is 20.8 Å². The van der Waals surface area contributed by atoms with Crippen molar-refractivity contribution in [3.05, 3.63) is 62.4 Å². The van der Waals surface area contributed by atoms with E-state index in [1.165, 1.54) is 24.3 Å². The van der Waals surface area contributed by atoms with Crippen LogP contribution in [-0.2, 0) is 4.74 Å². The predicted molar refractivity (Wildman–Crippen MR) is 92.4 cm³/mol. The van der Waals surface area contributed by atoms with Gasteiger partial charge in [0.15, 0.2) is 0 Å². The number of carbonyl (C=O) groups is 1. The average Bonchev–Trinajstić information content (AvgIpc) is 2.49. The van der Waals surface area contributed by atoms with Crippen molar-refractivity contribution in [1.29, 1.82) is 0 Å². The van der Waals surface area contributed by atoms with Gasteiger partial charge in [-0.2, -0.15) is 0 Å². The monoisotopic (exact) mass is 411 g/mol. The number of hydrogen-bond acceptors (Lipinski definition) is 5. The van der Waals surface area contributed by atoms with E-state index in [0.29, 0.717) is 4.47 Å². The van der Waals surface area contributed by atoms with Crippen molar-refractivity contribution in [1.82, 2.24) is 0 Å². The lowest BCUT2D eigenvalue weighted by molar-refractivity contribution is -0.384. The number of esters is 1. The third-order valence-corrected chi connectivity index (χ3v) is 3.56. The minimum Gasteiger partial charge on any atom is -0.456 e. The van der Waals surface area contributed by atoms with Crippen LogP contribution in [0.4, 0.5) is 10.1 Å². The maximum Gasteiger partial charge on any atom is 0.342 e. The Morgan fingerprint density at radius 3 is 2.44 bits per heavy atom. The van der Waals surface area contributed by atoms with E-state index < -0.39 is 22.3 Å². The zero-order chi connectivity index (χ0) is 18.8. The van der Waals surface area contributed by atoms with E-state index in [4.69, 9.17) is 9.47 Å². The molecule has 0 aromatic heterocycles. The maximum atomic E-state index is 13.4. The summed E-state index contributed by atoms with van der Waals surface area (Å²) in [4.78, 5) is 22.7. The highest BCUT2D eigenvalue weighted by atomic mass is 79.9. The second-order valence-electron chi connectivity index (χ2n) is 6.12. The SMILES string of the molecule is CC(C)(C)OC(=O)c1cc([N+](=O)[O-])ccc1Oc1cc(F)ccc1Br. The molecule has 0 aliphatic heterocycles. The van der Waals surface area contributed by atoms with Crippen LogP contribution in [0.3, 0.4) is 0 Å². The molecule has 25 heavy (non-hydrogen) atoms. The smallest absolute Gasteiger partial charge is 0.342 e. The van der Waals surface area contributed by atoms with Crippen molar-refractivity contribution in [2.75, 3.05) is 0 Å². The second-order valence-corrected chi connectivity index (χ2v) is 6.97. The van der Waals surface area contributed by atoms with Gasteiger partial charge in [0.25, 0.3) is 5.69 Å². The molecule has 2 rings (SSSR count). The molecule has 0 heterocycles. The van der Waals surface area contributed by atoms with Crippen molar-refractivity contribution >= 4 is 27.6 Å². The molecular weight excluding hydrogens is 397 g/mol. The summed E-state index contributed by atoms with van der Waals surface area (Å²) in [6.07, 6.45) is 0. The van der Waals surface area contributed by atoms with Crippen LogP contribution in [-0.4, -0.2) is 16.5 Å². The van der Waals surface area contributed by atoms with Crippen LogP contribution >= 0.6 is 15.9 Å². The van der Waals surface area contributed by atoms with Crippen molar-refractivity contribution in [2.24, 2.45) is 0 Å². The van der Waals surface area contributed by atoms with Gasteiger partial charge in [0, 0.05) is 18.2 Å². The van der Waals surface area contributed by atoms with E-state index in [-0.39, 0.29) is 22.7 Å². The third kappa shape index (κ3) is 4.99. The summed E-state index contributed by atoms with van der Waals surface area (Å²) in [5, 5.41) is 11.0. The number of halogens is 2. The van der Waals surface area contributed by atoms with Gasteiger partial charge >= 0.3 is 5.97 Å².